The number of hydrogen-bond donors (Lipinski definition) is 1. The van der Waals surface area contributed by atoms with Gasteiger partial charge in [0.25, 0.3) is 0 Å². The summed E-state index contributed by atoms with van der Waals surface area (Å²) in [6.07, 6.45) is -3.95. The van der Waals surface area contributed by atoms with Crippen LogP contribution in [0.1, 0.15) is 18.4 Å². The van der Waals surface area contributed by atoms with Gasteiger partial charge in [-0.25, -0.2) is 4.98 Å². The third kappa shape index (κ3) is 1.75. The molecule has 6 heteroatoms. The largest absolute Gasteiger partial charge is 0.411 e. The van der Waals surface area contributed by atoms with E-state index in [-0.39, 0.29) is 12.8 Å². The monoisotopic (exact) mass is 272 g/mol. The molecule has 0 saturated heterocycles. The first-order valence-electron chi connectivity index (χ1n) is 5.62. The van der Waals surface area contributed by atoms with Gasteiger partial charge < -0.3 is 5.32 Å². The minimum atomic E-state index is -4.21. The quantitative estimate of drug-likeness (QED) is 0.889. The molecule has 1 aromatic heterocycles. The second-order valence-corrected chi connectivity index (χ2v) is 5.68. The summed E-state index contributed by atoms with van der Waals surface area (Å²) in [4.78, 5) is 4.26. The van der Waals surface area contributed by atoms with Gasteiger partial charge in [-0.1, -0.05) is 23.5 Å². The lowest BCUT2D eigenvalue weighted by Gasteiger charge is -2.19. The number of hydrogen-bond acceptors (Lipinski definition) is 3. The van der Waals surface area contributed by atoms with Crippen LogP contribution in [0.3, 0.4) is 0 Å². The van der Waals surface area contributed by atoms with Crippen molar-refractivity contribution in [2.45, 2.75) is 31.5 Å². The first-order valence-corrected chi connectivity index (χ1v) is 6.44. The zero-order valence-electron chi connectivity index (χ0n) is 9.64. The van der Waals surface area contributed by atoms with E-state index in [0.717, 1.165) is 15.8 Å². The van der Waals surface area contributed by atoms with Gasteiger partial charge in [0.2, 0.25) is 0 Å². The highest BCUT2D eigenvalue weighted by atomic mass is 32.1. The molecule has 1 aromatic carbocycles. The Balaban J connectivity index is 1.95. The topological polar surface area (TPSA) is 24.9 Å². The molecule has 2 nitrogen and oxygen atoms in total. The number of aromatic nitrogens is 1. The van der Waals surface area contributed by atoms with E-state index in [1.54, 1.807) is 0 Å². The molecule has 0 amide bonds. The maximum atomic E-state index is 12.8. The SMILES string of the molecule is Cc1cccc2sc(NC3(C(F)(F)F)CC3)nc12. The van der Waals surface area contributed by atoms with E-state index in [2.05, 4.69) is 10.3 Å². The molecule has 18 heavy (non-hydrogen) atoms. The third-order valence-electron chi connectivity index (χ3n) is 3.26. The van der Waals surface area contributed by atoms with Crippen LogP contribution in [-0.4, -0.2) is 16.7 Å². The lowest BCUT2D eigenvalue weighted by molar-refractivity contribution is -0.151. The van der Waals surface area contributed by atoms with Crippen LogP contribution in [0.2, 0.25) is 0 Å². The summed E-state index contributed by atoms with van der Waals surface area (Å²) in [6, 6.07) is 5.66. The van der Waals surface area contributed by atoms with Crippen molar-refractivity contribution < 1.29 is 13.2 Å². The predicted octanol–water partition coefficient (Wildman–Crippen LogP) is 4.11. The van der Waals surface area contributed by atoms with Crippen molar-refractivity contribution >= 4 is 26.7 Å². The summed E-state index contributed by atoms with van der Waals surface area (Å²) >= 11 is 1.27. The van der Waals surface area contributed by atoms with E-state index in [1.807, 2.05) is 25.1 Å². The summed E-state index contributed by atoms with van der Waals surface area (Å²) in [5, 5.41) is 2.92. The molecule has 1 N–H and O–H groups in total. The van der Waals surface area contributed by atoms with E-state index < -0.39 is 11.7 Å². The molecule has 1 saturated carbocycles. The number of rotatable bonds is 2. The zero-order chi connectivity index (χ0) is 13.0. The lowest BCUT2D eigenvalue weighted by atomic mass is 10.2. The fourth-order valence-corrected chi connectivity index (χ4v) is 2.99. The summed E-state index contributed by atoms with van der Waals surface area (Å²) < 4.78 is 39.4. The van der Waals surface area contributed by atoms with Crippen LogP contribution in [0.25, 0.3) is 10.2 Å². The molecule has 0 unspecified atom stereocenters. The summed E-state index contributed by atoms with van der Waals surface area (Å²) in [5.41, 5.74) is 0.0195. The number of nitrogens with zero attached hydrogens (tertiary/aromatic N) is 1. The number of fused-ring (bicyclic) bond motifs is 1. The summed E-state index contributed by atoms with van der Waals surface area (Å²) in [7, 11) is 0. The van der Waals surface area contributed by atoms with Gasteiger partial charge in [-0.05, 0) is 31.4 Å². The normalized spacial score (nSPS) is 18.0. The number of alkyl halides is 3. The van der Waals surface area contributed by atoms with Gasteiger partial charge in [0.05, 0.1) is 10.2 Å². The van der Waals surface area contributed by atoms with Crippen molar-refractivity contribution in [3.05, 3.63) is 23.8 Å². The molecule has 0 spiro atoms. The molecule has 0 bridgehead atoms. The number of benzene rings is 1. The molecule has 1 aliphatic rings. The van der Waals surface area contributed by atoms with Crippen LogP contribution in [0, 0.1) is 6.92 Å². The average Bonchev–Trinajstić information content (AvgIpc) is 2.92. The second-order valence-electron chi connectivity index (χ2n) is 4.65. The summed E-state index contributed by atoms with van der Waals surface area (Å²) in [5.74, 6) is 0. The van der Waals surface area contributed by atoms with Crippen molar-refractivity contribution in [3.8, 4) is 0 Å². The standard InChI is InChI=1S/C12H11F3N2S/c1-7-3-2-4-8-9(7)16-10(18-8)17-11(5-6-11)12(13,14)15/h2-4H,5-6H2,1H3,(H,16,17). The first-order chi connectivity index (χ1) is 8.41. The van der Waals surface area contributed by atoms with Gasteiger partial charge in [0, 0.05) is 0 Å². The lowest BCUT2D eigenvalue weighted by Crippen LogP contribution is -2.38. The Kier molecular flexibility index (Phi) is 2.35. The highest BCUT2D eigenvalue weighted by molar-refractivity contribution is 7.22. The molecule has 1 aliphatic carbocycles. The molecule has 1 heterocycles. The van der Waals surface area contributed by atoms with Gasteiger partial charge >= 0.3 is 6.18 Å². The average molecular weight is 272 g/mol. The van der Waals surface area contributed by atoms with Crippen LogP contribution < -0.4 is 5.32 Å². The molecular formula is C12H11F3N2S. The number of aryl methyl sites for hydroxylation is 1. The summed E-state index contributed by atoms with van der Waals surface area (Å²) in [6.45, 7) is 1.91. The Morgan fingerprint density at radius 1 is 1.33 bits per heavy atom. The van der Waals surface area contributed by atoms with Gasteiger partial charge in [0.15, 0.2) is 5.13 Å². The number of anilines is 1. The predicted molar refractivity (Wildman–Crippen MR) is 66.0 cm³/mol. The van der Waals surface area contributed by atoms with Crippen molar-refractivity contribution in [1.29, 1.82) is 0 Å². The molecule has 96 valence electrons. The fraction of sp³-hybridized carbons (Fsp3) is 0.417. The third-order valence-corrected chi connectivity index (χ3v) is 4.20. The number of nitrogens with one attached hydrogen (secondary N) is 1. The molecule has 0 radical (unpaired) electrons. The van der Waals surface area contributed by atoms with Crippen LogP contribution >= 0.6 is 11.3 Å². The highest BCUT2D eigenvalue weighted by Crippen LogP contribution is 2.51. The number of halogens is 3. The number of para-hydroxylation sites is 1. The van der Waals surface area contributed by atoms with E-state index in [1.165, 1.54) is 11.3 Å². The van der Waals surface area contributed by atoms with Gasteiger partial charge in [-0.2, -0.15) is 13.2 Å². The zero-order valence-corrected chi connectivity index (χ0v) is 10.5. The first kappa shape index (κ1) is 11.8. The molecule has 0 atom stereocenters. The van der Waals surface area contributed by atoms with E-state index in [0.29, 0.717) is 5.13 Å². The van der Waals surface area contributed by atoms with Crippen LogP contribution in [0.4, 0.5) is 18.3 Å². The number of thiazole rings is 1. The molecule has 0 aliphatic heterocycles. The van der Waals surface area contributed by atoms with Gasteiger partial charge in [0.1, 0.15) is 5.54 Å². The van der Waals surface area contributed by atoms with Crippen LogP contribution in [0.15, 0.2) is 18.2 Å². The smallest absolute Gasteiger partial charge is 0.347 e. The van der Waals surface area contributed by atoms with Gasteiger partial charge in [-0.15, -0.1) is 0 Å². The maximum Gasteiger partial charge on any atom is 0.411 e. The van der Waals surface area contributed by atoms with Crippen molar-refractivity contribution in [2.24, 2.45) is 0 Å². The Morgan fingerprint density at radius 2 is 2.06 bits per heavy atom. The van der Waals surface area contributed by atoms with Crippen LogP contribution in [0.5, 0.6) is 0 Å². The van der Waals surface area contributed by atoms with E-state index in [9.17, 15) is 13.2 Å². The van der Waals surface area contributed by atoms with Gasteiger partial charge in [-0.3, -0.25) is 0 Å². The van der Waals surface area contributed by atoms with Crippen molar-refractivity contribution in [3.63, 3.8) is 0 Å². The molecule has 2 aromatic rings. The van der Waals surface area contributed by atoms with Crippen molar-refractivity contribution in [1.82, 2.24) is 4.98 Å². The van der Waals surface area contributed by atoms with E-state index >= 15 is 0 Å². The molecule has 3 rings (SSSR count). The van der Waals surface area contributed by atoms with Crippen LogP contribution in [-0.2, 0) is 0 Å². The van der Waals surface area contributed by atoms with Crippen molar-refractivity contribution in [2.75, 3.05) is 5.32 Å². The highest BCUT2D eigenvalue weighted by Gasteiger charge is 2.63. The maximum absolute atomic E-state index is 12.8. The van der Waals surface area contributed by atoms with E-state index in [4.69, 9.17) is 0 Å². The minimum absolute atomic E-state index is 0.130. The Morgan fingerprint density at radius 3 is 2.61 bits per heavy atom. The Hall–Kier alpha value is -1.30. The Bertz CT molecular complexity index is 599. The molecule has 1 fully saturated rings. The second kappa shape index (κ2) is 3.60. The fourth-order valence-electron chi connectivity index (χ4n) is 1.95. The Labute approximate surface area is 106 Å². The molecular weight excluding hydrogens is 261 g/mol. The minimum Gasteiger partial charge on any atom is -0.347 e.